The molecule has 112 valence electrons. The molecule has 0 unspecified atom stereocenters. The molecule has 0 spiro atoms. The molecule has 3 rings (SSSR count). The Morgan fingerprint density at radius 3 is 2.91 bits per heavy atom. The van der Waals surface area contributed by atoms with E-state index in [4.69, 9.17) is 0 Å². The van der Waals surface area contributed by atoms with Crippen LogP contribution >= 0.6 is 11.3 Å². The second-order valence-electron chi connectivity index (χ2n) is 4.90. The lowest BCUT2D eigenvalue weighted by molar-refractivity contribution is 0.0698. The SMILES string of the molecule is CN(Cc1cn[nH]c1)C(=O)c1cc2c(C(=O)O)cccc2s1. The van der Waals surface area contributed by atoms with Crippen molar-refractivity contribution in [2.24, 2.45) is 0 Å². The van der Waals surface area contributed by atoms with Gasteiger partial charge in [-0.25, -0.2) is 4.79 Å². The monoisotopic (exact) mass is 315 g/mol. The number of rotatable bonds is 4. The first-order chi connectivity index (χ1) is 10.6. The molecule has 0 bridgehead atoms. The molecule has 0 aliphatic heterocycles. The van der Waals surface area contributed by atoms with Gasteiger partial charge in [-0.2, -0.15) is 5.10 Å². The van der Waals surface area contributed by atoms with Crippen molar-refractivity contribution < 1.29 is 14.7 Å². The van der Waals surface area contributed by atoms with Crippen LogP contribution in [0.5, 0.6) is 0 Å². The zero-order valence-corrected chi connectivity index (χ0v) is 12.6. The molecule has 7 heteroatoms. The summed E-state index contributed by atoms with van der Waals surface area (Å²) in [6, 6.07) is 6.70. The smallest absolute Gasteiger partial charge is 0.336 e. The van der Waals surface area contributed by atoms with E-state index < -0.39 is 5.97 Å². The molecule has 2 heterocycles. The molecule has 1 aromatic carbocycles. The molecule has 2 aromatic heterocycles. The lowest BCUT2D eigenvalue weighted by Crippen LogP contribution is -2.25. The number of carbonyl (C=O) groups excluding carboxylic acids is 1. The van der Waals surface area contributed by atoms with Gasteiger partial charge in [0.2, 0.25) is 0 Å². The van der Waals surface area contributed by atoms with Crippen LogP contribution in [0.2, 0.25) is 0 Å². The minimum absolute atomic E-state index is 0.140. The molecule has 3 aromatic rings. The number of aromatic amines is 1. The molecule has 6 nitrogen and oxygen atoms in total. The van der Waals surface area contributed by atoms with Gasteiger partial charge in [0.05, 0.1) is 16.6 Å². The standard InChI is InChI=1S/C15H13N3O3S/c1-18(8-9-6-16-17-7-9)14(19)13-5-11-10(15(20)21)3-2-4-12(11)22-13/h2-7H,8H2,1H3,(H,16,17)(H,20,21). The first-order valence-electron chi connectivity index (χ1n) is 6.55. The number of amides is 1. The van der Waals surface area contributed by atoms with E-state index in [1.165, 1.54) is 11.3 Å². The number of aromatic nitrogens is 2. The van der Waals surface area contributed by atoms with Gasteiger partial charge in [0.15, 0.2) is 0 Å². The number of carboxylic acid groups (broad SMARTS) is 1. The Morgan fingerprint density at radius 2 is 2.23 bits per heavy atom. The number of fused-ring (bicyclic) bond motifs is 1. The fourth-order valence-corrected chi connectivity index (χ4v) is 3.33. The van der Waals surface area contributed by atoms with Gasteiger partial charge in [-0.05, 0) is 18.2 Å². The Hall–Kier alpha value is -2.67. The molecular formula is C15H13N3O3S. The summed E-state index contributed by atoms with van der Waals surface area (Å²) in [6.45, 7) is 0.440. The third kappa shape index (κ3) is 2.58. The second kappa shape index (κ2) is 5.61. The van der Waals surface area contributed by atoms with E-state index in [-0.39, 0.29) is 11.5 Å². The largest absolute Gasteiger partial charge is 0.478 e. The van der Waals surface area contributed by atoms with Gasteiger partial charge in [0.1, 0.15) is 0 Å². The normalized spacial score (nSPS) is 10.8. The number of nitrogens with one attached hydrogen (secondary N) is 1. The molecule has 0 fully saturated rings. The van der Waals surface area contributed by atoms with Crippen LogP contribution in [0.15, 0.2) is 36.7 Å². The molecule has 0 saturated heterocycles. The summed E-state index contributed by atoms with van der Waals surface area (Å²) in [4.78, 5) is 25.8. The number of thiophene rings is 1. The van der Waals surface area contributed by atoms with Crippen molar-refractivity contribution in [3.63, 3.8) is 0 Å². The van der Waals surface area contributed by atoms with Crippen LogP contribution in [0.1, 0.15) is 25.6 Å². The lowest BCUT2D eigenvalue weighted by Gasteiger charge is -2.14. The summed E-state index contributed by atoms with van der Waals surface area (Å²) in [6.07, 6.45) is 3.40. The minimum Gasteiger partial charge on any atom is -0.478 e. The van der Waals surface area contributed by atoms with Crippen molar-refractivity contribution >= 4 is 33.3 Å². The molecule has 0 aliphatic rings. The molecule has 0 aliphatic carbocycles. The number of hydrogen-bond donors (Lipinski definition) is 2. The average Bonchev–Trinajstić information content (AvgIpc) is 3.14. The van der Waals surface area contributed by atoms with Crippen molar-refractivity contribution in [3.05, 3.63) is 52.7 Å². The van der Waals surface area contributed by atoms with Crippen molar-refractivity contribution in [1.82, 2.24) is 15.1 Å². The zero-order valence-electron chi connectivity index (χ0n) is 11.7. The highest BCUT2D eigenvalue weighted by Crippen LogP contribution is 2.29. The number of nitrogens with zero attached hydrogens (tertiary/aromatic N) is 2. The predicted molar refractivity (Wildman–Crippen MR) is 83.2 cm³/mol. The Kier molecular flexibility index (Phi) is 3.64. The summed E-state index contributed by atoms with van der Waals surface area (Å²) in [5, 5.41) is 16.4. The highest BCUT2D eigenvalue weighted by molar-refractivity contribution is 7.20. The van der Waals surface area contributed by atoms with E-state index in [9.17, 15) is 14.7 Å². The van der Waals surface area contributed by atoms with Gasteiger partial charge in [-0.1, -0.05) is 6.07 Å². The Balaban J connectivity index is 1.91. The van der Waals surface area contributed by atoms with Gasteiger partial charge in [-0.15, -0.1) is 11.3 Å². The fourth-order valence-electron chi connectivity index (χ4n) is 2.25. The molecule has 22 heavy (non-hydrogen) atoms. The first-order valence-corrected chi connectivity index (χ1v) is 7.37. The van der Waals surface area contributed by atoms with Gasteiger partial charge < -0.3 is 10.0 Å². The van der Waals surface area contributed by atoms with Crippen molar-refractivity contribution in [3.8, 4) is 0 Å². The third-order valence-corrected chi connectivity index (χ3v) is 4.41. The van der Waals surface area contributed by atoms with E-state index in [2.05, 4.69) is 10.2 Å². The molecule has 0 saturated carbocycles. The quantitative estimate of drug-likeness (QED) is 0.775. The molecule has 0 atom stereocenters. The van der Waals surface area contributed by atoms with Gasteiger partial charge in [0, 0.05) is 35.4 Å². The van der Waals surface area contributed by atoms with Crippen LogP contribution in [0, 0.1) is 0 Å². The fraction of sp³-hybridized carbons (Fsp3) is 0.133. The maximum atomic E-state index is 12.5. The lowest BCUT2D eigenvalue weighted by atomic mass is 10.1. The van der Waals surface area contributed by atoms with Crippen LogP contribution < -0.4 is 0 Å². The topological polar surface area (TPSA) is 86.3 Å². The van der Waals surface area contributed by atoms with E-state index >= 15 is 0 Å². The maximum absolute atomic E-state index is 12.5. The van der Waals surface area contributed by atoms with Crippen molar-refractivity contribution in [2.45, 2.75) is 6.54 Å². The summed E-state index contributed by atoms with van der Waals surface area (Å²) in [5.41, 5.74) is 1.12. The van der Waals surface area contributed by atoms with Gasteiger partial charge >= 0.3 is 5.97 Å². The maximum Gasteiger partial charge on any atom is 0.336 e. The van der Waals surface area contributed by atoms with Crippen molar-refractivity contribution in [1.29, 1.82) is 0 Å². The Labute approximate surface area is 130 Å². The first kappa shape index (κ1) is 14.3. The minimum atomic E-state index is -0.992. The van der Waals surface area contributed by atoms with Crippen LogP contribution in [0.3, 0.4) is 0 Å². The van der Waals surface area contributed by atoms with E-state index in [0.717, 1.165) is 10.3 Å². The van der Waals surface area contributed by atoms with Crippen molar-refractivity contribution in [2.75, 3.05) is 7.05 Å². The second-order valence-corrected chi connectivity index (χ2v) is 5.98. The third-order valence-electron chi connectivity index (χ3n) is 3.32. The number of aromatic carboxylic acids is 1. The van der Waals surface area contributed by atoms with Gasteiger partial charge in [-0.3, -0.25) is 9.89 Å². The van der Waals surface area contributed by atoms with E-state index in [0.29, 0.717) is 16.8 Å². The van der Waals surface area contributed by atoms with Crippen LogP contribution in [0.4, 0.5) is 0 Å². The predicted octanol–water partition coefficient (Wildman–Crippen LogP) is 2.59. The number of benzene rings is 1. The average molecular weight is 315 g/mol. The summed E-state index contributed by atoms with van der Waals surface area (Å²) >= 11 is 1.30. The van der Waals surface area contributed by atoms with Gasteiger partial charge in [0.25, 0.3) is 5.91 Å². The molecule has 1 amide bonds. The summed E-state index contributed by atoms with van der Waals surface area (Å²) in [5.74, 6) is -1.13. The van der Waals surface area contributed by atoms with Crippen LogP contribution in [0.25, 0.3) is 10.1 Å². The number of hydrogen-bond acceptors (Lipinski definition) is 4. The van der Waals surface area contributed by atoms with Crippen LogP contribution in [-0.2, 0) is 6.54 Å². The molecular weight excluding hydrogens is 302 g/mol. The molecule has 2 N–H and O–H groups in total. The Morgan fingerprint density at radius 1 is 1.41 bits per heavy atom. The van der Waals surface area contributed by atoms with E-state index in [1.807, 2.05) is 6.07 Å². The molecule has 0 radical (unpaired) electrons. The highest BCUT2D eigenvalue weighted by atomic mass is 32.1. The highest BCUT2D eigenvalue weighted by Gasteiger charge is 2.18. The zero-order chi connectivity index (χ0) is 15.7. The van der Waals surface area contributed by atoms with Crippen LogP contribution in [-0.4, -0.2) is 39.1 Å². The number of carbonyl (C=O) groups is 2. The Bertz CT molecular complexity index is 839. The summed E-state index contributed by atoms with van der Waals surface area (Å²) < 4.78 is 0.792. The summed E-state index contributed by atoms with van der Waals surface area (Å²) in [7, 11) is 1.71. The van der Waals surface area contributed by atoms with E-state index in [1.54, 1.807) is 42.5 Å². The number of carboxylic acids is 1. The number of H-pyrrole nitrogens is 1.